The van der Waals surface area contributed by atoms with Crippen molar-refractivity contribution in [1.29, 1.82) is 5.26 Å². The summed E-state index contributed by atoms with van der Waals surface area (Å²) < 4.78 is 9.24. The van der Waals surface area contributed by atoms with Crippen molar-refractivity contribution in [3.8, 4) is 6.07 Å². The number of carbonyl (C=O) groups is 3. The highest BCUT2D eigenvalue weighted by Gasteiger charge is 2.29. The third-order valence-corrected chi connectivity index (χ3v) is 3.30. The Kier molecular flexibility index (Phi) is 6.74. The summed E-state index contributed by atoms with van der Waals surface area (Å²) in [6.45, 7) is 1.64. The molecule has 0 heterocycles. The number of methoxy groups -OCH3 is 2. The molecule has 0 unspecified atom stereocenters. The van der Waals surface area contributed by atoms with Crippen LogP contribution >= 0.6 is 0 Å². The van der Waals surface area contributed by atoms with E-state index in [9.17, 15) is 14.4 Å². The molecule has 122 valence electrons. The second-order valence-corrected chi connectivity index (χ2v) is 4.92. The second-order valence-electron chi connectivity index (χ2n) is 4.92. The minimum atomic E-state index is -0.984. The van der Waals surface area contributed by atoms with Gasteiger partial charge in [0.15, 0.2) is 0 Å². The smallest absolute Gasteiger partial charge is 0.328 e. The summed E-state index contributed by atoms with van der Waals surface area (Å²) in [6.07, 6.45) is -0.0378. The van der Waals surface area contributed by atoms with E-state index in [1.807, 2.05) is 6.07 Å². The molecule has 1 aromatic rings. The van der Waals surface area contributed by atoms with Crippen LogP contribution in [0.25, 0.3) is 0 Å². The number of nitrogens with zero attached hydrogens (tertiary/aromatic N) is 1. The standard InChI is InChI=1S/C16H18N2O5/c1-10(8-13(19)22-2)14(16(21)23-3)18-15(20)12-6-4-11(9-17)5-7-12/h4-7,10,14H,8H2,1-3H3,(H,18,20)/t10-,14-/m1/s1. The highest BCUT2D eigenvalue weighted by molar-refractivity contribution is 5.97. The minimum absolute atomic E-state index is 0.0378. The third-order valence-electron chi connectivity index (χ3n) is 3.30. The summed E-state index contributed by atoms with van der Waals surface area (Å²) in [5, 5.41) is 11.3. The fraction of sp³-hybridized carbons (Fsp3) is 0.375. The molecule has 7 heteroatoms. The van der Waals surface area contributed by atoms with Crippen LogP contribution in [0.4, 0.5) is 0 Å². The number of nitriles is 1. The molecule has 0 spiro atoms. The lowest BCUT2D eigenvalue weighted by atomic mass is 9.97. The van der Waals surface area contributed by atoms with E-state index in [2.05, 4.69) is 14.8 Å². The van der Waals surface area contributed by atoms with Gasteiger partial charge in [0.1, 0.15) is 6.04 Å². The molecular formula is C16H18N2O5. The maximum absolute atomic E-state index is 12.2. The average Bonchev–Trinajstić information content (AvgIpc) is 2.58. The molecule has 1 rings (SSSR count). The van der Waals surface area contributed by atoms with Gasteiger partial charge in [-0.1, -0.05) is 6.92 Å². The lowest BCUT2D eigenvalue weighted by molar-refractivity contribution is -0.146. The first-order chi connectivity index (χ1) is 10.9. The Labute approximate surface area is 134 Å². The van der Waals surface area contributed by atoms with E-state index >= 15 is 0 Å². The van der Waals surface area contributed by atoms with Crippen LogP contribution in [0.15, 0.2) is 24.3 Å². The molecule has 1 aromatic carbocycles. The van der Waals surface area contributed by atoms with Crippen molar-refractivity contribution in [2.75, 3.05) is 14.2 Å². The normalized spacial score (nSPS) is 12.4. The summed E-state index contributed by atoms with van der Waals surface area (Å²) in [6, 6.07) is 6.92. The van der Waals surface area contributed by atoms with Gasteiger partial charge in [0.25, 0.3) is 5.91 Å². The lowest BCUT2D eigenvalue weighted by Gasteiger charge is -2.22. The average molecular weight is 318 g/mol. The van der Waals surface area contributed by atoms with Crippen LogP contribution < -0.4 is 5.32 Å². The first-order valence-corrected chi connectivity index (χ1v) is 6.88. The summed E-state index contributed by atoms with van der Waals surface area (Å²) in [5.74, 6) is -2.14. The van der Waals surface area contributed by atoms with Gasteiger partial charge in [-0.3, -0.25) is 9.59 Å². The van der Waals surface area contributed by atoms with Gasteiger partial charge in [-0.05, 0) is 30.2 Å². The Morgan fingerprint density at radius 1 is 1.17 bits per heavy atom. The number of ether oxygens (including phenoxy) is 2. The van der Waals surface area contributed by atoms with Gasteiger partial charge in [0, 0.05) is 5.56 Å². The number of rotatable bonds is 6. The summed E-state index contributed by atoms with van der Waals surface area (Å²) in [5.41, 5.74) is 0.716. The molecule has 0 aliphatic heterocycles. The van der Waals surface area contributed by atoms with Crippen molar-refractivity contribution in [1.82, 2.24) is 5.32 Å². The molecule has 0 aromatic heterocycles. The molecule has 0 radical (unpaired) electrons. The second kappa shape index (κ2) is 8.54. The van der Waals surface area contributed by atoms with Crippen molar-refractivity contribution in [2.45, 2.75) is 19.4 Å². The molecule has 0 saturated carbocycles. The van der Waals surface area contributed by atoms with Crippen LogP contribution in [0.1, 0.15) is 29.3 Å². The van der Waals surface area contributed by atoms with Crippen molar-refractivity contribution >= 4 is 17.8 Å². The zero-order valence-corrected chi connectivity index (χ0v) is 13.2. The number of carbonyl (C=O) groups excluding carboxylic acids is 3. The van der Waals surface area contributed by atoms with Crippen molar-refractivity contribution in [3.63, 3.8) is 0 Å². The summed E-state index contributed by atoms with van der Waals surface area (Å²) in [4.78, 5) is 35.4. The van der Waals surface area contributed by atoms with E-state index in [4.69, 9.17) is 5.26 Å². The minimum Gasteiger partial charge on any atom is -0.469 e. The molecular weight excluding hydrogens is 300 g/mol. The molecule has 0 fully saturated rings. The quantitative estimate of drug-likeness (QED) is 0.785. The fourth-order valence-corrected chi connectivity index (χ4v) is 1.95. The van der Waals surface area contributed by atoms with Gasteiger partial charge < -0.3 is 14.8 Å². The van der Waals surface area contributed by atoms with Crippen LogP contribution in [0, 0.1) is 17.2 Å². The topological polar surface area (TPSA) is 105 Å². The molecule has 0 aliphatic rings. The fourth-order valence-electron chi connectivity index (χ4n) is 1.95. The number of hydrogen-bond donors (Lipinski definition) is 1. The summed E-state index contributed by atoms with van der Waals surface area (Å²) in [7, 11) is 2.45. The van der Waals surface area contributed by atoms with Crippen LogP contribution in [0.3, 0.4) is 0 Å². The number of esters is 2. The summed E-state index contributed by atoms with van der Waals surface area (Å²) >= 11 is 0. The van der Waals surface area contributed by atoms with E-state index in [0.29, 0.717) is 11.1 Å². The predicted molar refractivity (Wildman–Crippen MR) is 80.2 cm³/mol. The highest BCUT2D eigenvalue weighted by Crippen LogP contribution is 2.12. The Bertz CT molecular complexity index is 618. The largest absolute Gasteiger partial charge is 0.469 e. The van der Waals surface area contributed by atoms with Crippen molar-refractivity contribution in [2.24, 2.45) is 5.92 Å². The molecule has 7 nitrogen and oxygen atoms in total. The molecule has 0 aliphatic carbocycles. The van der Waals surface area contributed by atoms with Gasteiger partial charge in [-0.2, -0.15) is 5.26 Å². The van der Waals surface area contributed by atoms with Crippen LogP contribution in [-0.2, 0) is 19.1 Å². The Hall–Kier alpha value is -2.88. The van der Waals surface area contributed by atoms with E-state index in [1.165, 1.54) is 38.5 Å². The number of amides is 1. The van der Waals surface area contributed by atoms with Gasteiger partial charge in [-0.25, -0.2) is 4.79 Å². The number of hydrogen-bond acceptors (Lipinski definition) is 6. The van der Waals surface area contributed by atoms with E-state index in [0.717, 1.165) is 0 Å². The van der Waals surface area contributed by atoms with Crippen LogP contribution in [0.5, 0.6) is 0 Å². The Balaban J connectivity index is 2.87. The Morgan fingerprint density at radius 3 is 2.26 bits per heavy atom. The highest BCUT2D eigenvalue weighted by atomic mass is 16.5. The van der Waals surface area contributed by atoms with Crippen LogP contribution in [-0.4, -0.2) is 38.1 Å². The first-order valence-electron chi connectivity index (χ1n) is 6.88. The molecule has 2 atom stereocenters. The molecule has 0 bridgehead atoms. The van der Waals surface area contributed by atoms with Gasteiger partial charge >= 0.3 is 11.9 Å². The van der Waals surface area contributed by atoms with Crippen molar-refractivity contribution in [3.05, 3.63) is 35.4 Å². The van der Waals surface area contributed by atoms with Gasteiger partial charge in [0.05, 0.1) is 32.3 Å². The zero-order valence-electron chi connectivity index (χ0n) is 13.2. The maximum atomic E-state index is 12.2. The molecule has 23 heavy (non-hydrogen) atoms. The third kappa shape index (κ3) is 5.11. The monoisotopic (exact) mass is 318 g/mol. The molecule has 0 saturated heterocycles. The number of nitrogens with one attached hydrogen (secondary N) is 1. The van der Waals surface area contributed by atoms with E-state index in [-0.39, 0.29) is 6.42 Å². The first kappa shape index (κ1) is 18.2. The van der Waals surface area contributed by atoms with E-state index in [1.54, 1.807) is 6.92 Å². The SMILES string of the molecule is COC(=O)C[C@@H](C)[C@@H](NC(=O)c1ccc(C#N)cc1)C(=O)OC. The Morgan fingerprint density at radius 2 is 1.78 bits per heavy atom. The molecule has 1 amide bonds. The maximum Gasteiger partial charge on any atom is 0.328 e. The van der Waals surface area contributed by atoms with Gasteiger partial charge in [-0.15, -0.1) is 0 Å². The van der Waals surface area contributed by atoms with Gasteiger partial charge in [0.2, 0.25) is 0 Å². The zero-order chi connectivity index (χ0) is 17.4. The molecule has 1 N–H and O–H groups in total. The number of benzene rings is 1. The van der Waals surface area contributed by atoms with Crippen molar-refractivity contribution < 1.29 is 23.9 Å². The predicted octanol–water partition coefficient (Wildman–Crippen LogP) is 1.03. The van der Waals surface area contributed by atoms with Crippen LogP contribution in [0.2, 0.25) is 0 Å². The lowest BCUT2D eigenvalue weighted by Crippen LogP contribution is -2.46. The van der Waals surface area contributed by atoms with E-state index < -0.39 is 29.8 Å².